The van der Waals surface area contributed by atoms with Gasteiger partial charge in [0.15, 0.2) is 0 Å². The summed E-state index contributed by atoms with van der Waals surface area (Å²) in [5.74, 6) is -0.598. The van der Waals surface area contributed by atoms with E-state index in [1.165, 1.54) is 0 Å². The Morgan fingerprint density at radius 1 is 1.22 bits per heavy atom. The number of nitrogens with one attached hydrogen (secondary N) is 3. The van der Waals surface area contributed by atoms with Crippen molar-refractivity contribution in [3.63, 3.8) is 0 Å². The molecule has 1 heterocycles. The van der Waals surface area contributed by atoms with Gasteiger partial charge in [0.25, 0.3) is 5.91 Å². The molecule has 116 valence electrons. The Balaban J connectivity index is 1.96. The van der Waals surface area contributed by atoms with E-state index < -0.39 is 11.9 Å². The lowest BCUT2D eigenvalue weighted by Crippen LogP contribution is -2.35. The monoisotopic (exact) mass is 327 g/mol. The normalized spacial score (nSPS) is 16.3. The van der Waals surface area contributed by atoms with E-state index in [1.807, 2.05) is 6.07 Å². The fourth-order valence-electron chi connectivity index (χ4n) is 2.45. The molecular weight excluding hydrogens is 314 g/mol. The van der Waals surface area contributed by atoms with Crippen LogP contribution >= 0.6 is 11.6 Å². The molecule has 23 heavy (non-hydrogen) atoms. The van der Waals surface area contributed by atoms with E-state index in [2.05, 4.69) is 10.6 Å². The minimum absolute atomic E-state index is 0.105. The summed E-state index contributed by atoms with van der Waals surface area (Å²) in [5.41, 5.74) is 1.88. The van der Waals surface area contributed by atoms with Gasteiger partial charge in [0.1, 0.15) is 5.76 Å². The van der Waals surface area contributed by atoms with Crippen LogP contribution in [-0.4, -0.2) is 23.3 Å². The summed E-state index contributed by atoms with van der Waals surface area (Å²) in [6.07, 6.45) is 1.09. The molecular formula is C17H14ClN3O2. The van der Waals surface area contributed by atoms with Crippen LogP contribution in [0.2, 0.25) is 5.02 Å². The minimum Gasteiger partial charge on any atom is -0.507 e. The number of hydrogen-bond donors (Lipinski definition) is 4. The predicted octanol–water partition coefficient (Wildman–Crippen LogP) is 3.69. The average Bonchev–Trinajstić information content (AvgIpc) is 2.56. The highest BCUT2D eigenvalue weighted by Crippen LogP contribution is 2.32. The van der Waals surface area contributed by atoms with Gasteiger partial charge in [-0.25, -0.2) is 0 Å². The van der Waals surface area contributed by atoms with Crippen LogP contribution in [0, 0.1) is 5.41 Å². The SMILES string of the molecule is N=CC1Nc2ccccc2C(O)=C1C(=O)Nc1ccc(Cl)cc1. The number of halogens is 1. The molecule has 0 bridgehead atoms. The number of aliphatic hydroxyl groups is 1. The zero-order valence-electron chi connectivity index (χ0n) is 12.0. The Morgan fingerprint density at radius 2 is 1.91 bits per heavy atom. The molecule has 1 amide bonds. The highest BCUT2D eigenvalue weighted by atomic mass is 35.5. The molecule has 0 aliphatic carbocycles. The second-order valence-corrected chi connectivity index (χ2v) is 5.49. The van der Waals surface area contributed by atoms with E-state index in [-0.39, 0.29) is 11.3 Å². The molecule has 5 nitrogen and oxygen atoms in total. The van der Waals surface area contributed by atoms with Gasteiger partial charge in [-0.3, -0.25) is 4.79 Å². The van der Waals surface area contributed by atoms with Crippen molar-refractivity contribution in [1.29, 1.82) is 5.41 Å². The lowest BCUT2D eigenvalue weighted by Gasteiger charge is -2.26. The maximum Gasteiger partial charge on any atom is 0.257 e. The number of carbonyl (C=O) groups is 1. The Kier molecular flexibility index (Phi) is 4.04. The molecule has 0 saturated heterocycles. The third-order valence-corrected chi connectivity index (χ3v) is 3.82. The van der Waals surface area contributed by atoms with Gasteiger partial charge in [-0.05, 0) is 36.4 Å². The van der Waals surface area contributed by atoms with Gasteiger partial charge in [0.05, 0.1) is 11.6 Å². The van der Waals surface area contributed by atoms with Crippen molar-refractivity contribution in [1.82, 2.24) is 0 Å². The van der Waals surface area contributed by atoms with Crippen molar-refractivity contribution in [2.75, 3.05) is 10.6 Å². The Labute approximate surface area is 138 Å². The maximum atomic E-state index is 12.5. The minimum atomic E-state index is -0.697. The van der Waals surface area contributed by atoms with Crippen LogP contribution in [0.3, 0.4) is 0 Å². The molecule has 6 heteroatoms. The summed E-state index contributed by atoms with van der Waals surface area (Å²) in [7, 11) is 0. The summed E-state index contributed by atoms with van der Waals surface area (Å²) in [6, 6.07) is 13.1. The first-order valence-corrected chi connectivity index (χ1v) is 7.34. The molecule has 0 fully saturated rings. The zero-order valence-corrected chi connectivity index (χ0v) is 12.8. The van der Waals surface area contributed by atoms with E-state index in [9.17, 15) is 9.90 Å². The molecule has 0 saturated carbocycles. The fourth-order valence-corrected chi connectivity index (χ4v) is 2.58. The number of benzene rings is 2. The average molecular weight is 328 g/mol. The summed E-state index contributed by atoms with van der Waals surface area (Å²) >= 11 is 5.82. The van der Waals surface area contributed by atoms with Gasteiger partial charge in [-0.15, -0.1) is 0 Å². The number of rotatable bonds is 3. The third kappa shape index (κ3) is 2.91. The van der Waals surface area contributed by atoms with E-state index in [0.717, 1.165) is 6.21 Å². The fraction of sp³-hybridized carbons (Fsp3) is 0.0588. The van der Waals surface area contributed by atoms with Gasteiger partial charge < -0.3 is 21.1 Å². The third-order valence-electron chi connectivity index (χ3n) is 3.57. The number of anilines is 2. The van der Waals surface area contributed by atoms with E-state index in [1.54, 1.807) is 42.5 Å². The van der Waals surface area contributed by atoms with Crippen molar-refractivity contribution < 1.29 is 9.90 Å². The molecule has 3 rings (SSSR count). The topological polar surface area (TPSA) is 85.2 Å². The molecule has 0 radical (unpaired) electrons. The standard InChI is InChI=1S/C17H14ClN3O2/c18-10-5-7-11(8-6-10)20-17(23)15-14(9-19)21-13-4-2-1-3-12(13)16(15)22/h1-9,14,19,21-22H,(H,20,23). The van der Waals surface area contributed by atoms with E-state index in [0.29, 0.717) is 22.0 Å². The van der Waals surface area contributed by atoms with Crippen molar-refractivity contribution in [2.24, 2.45) is 0 Å². The molecule has 1 unspecified atom stereocenters. The lowest BCUT2D eigenvalue weighted by atomic mass is 9.95. The van der Waals surface area contributed by atoms with E-state index >= 15 is 0 Å². The van der Waals surface area contributed by atoms with E-state index in [4.69, 9.17) is 17.0 Å². The number of fused-ring (bicyclic) bond motifs is 1. The van der Waals surface area contributed by atoms with Gasteiger partial charge in [0.2, 0.25) is 0 Å². The molecule has 1 aliphatic rings. The first-order valence-electron chi connectivity index (χ1n) is 6.96. The van der Waals surface area contributed by atoms with Gasteiger partial charge in [-0.2, -0.15) is 0 Å². The van der Waals surface area contributed by atoms with Crippen molar-refractivity contribution in [3.05, 3.63) is 64.7 Å². The summed E-state index contributed by atoms with van der Waals surface area (Å²) in [4.78, 5) is 12.5. The van der Waals surface area contributed by atoms with Gasteiger partial charge in [-0.1, -0.05) is 23.7 Å². The smallest absolute Gasteiger partial charge is 0.257 e. The number of hydrogen-bond acceptors (Lipinski definition) is 4. The predicted molar refractivity (Wildman–Crippen MR) is 92.3 cm³/mol. The van der Waals surface area contributed by atoms with Crippen LogP contribution in [-0.2, 0) is 4.79 Å². The van der Waals surface area contributed by atoms with Crippen molar-refractivity contribution in [2.45, 2.75) is 6.04 Å². The molecule has 2 aromatic rings. The Morgan fingerprint density at radius 3 is 2.61 bits per heavy atom. The first kappa shape index (κ1) is 15.1. The van der Waals surface area contributed by atoms with Gasteiger partial charge in [0, 0.05) is 28.2 Å². The largest absolute Gasteiger partial charge is 0.507 e. The van der Waals surface area contributed by atoms with Gasteiger partial charge >= 0.3 is 0 Å². The number of carbonyl (C=O) groups excluding carboxylic acids is 1. The maximum absolute atomic E-state index is 12.5. The lowest BCUT2D eigenvalue weighted by molar-refractivity contribution is -0.112. The number of amides is 1. The second kappa shape index (κ2) is 6.14. The van der Waals surface area contributed by atoms with Crippen molar-refractivity contribution >= 4 is 40.9 Å². The number of aliphatic hydroxyl groups excluding tert-OH is 1. The first-order chi connectivity index (χ1) is 11.1. The Bertz CT molecular complexity index is 800. The van der Waals surface area contributed by atoms with Crippen LogP contribution in [0.15, 0.2) is 54.1 Å². The second-order valence-electron chi connectivity index (χ2n) is 5.06. The van der Waals surface area contributed by atoms with Crippen LogP contribution in [0.4, 0.5) is 11.4 Å². The summed E-state index contributed by atoms with van der Waals surface area (Å²) < 4.78 is 0. The number of para-hydroxylation sites is 1. The van der Waals surface area contributed by atoms with Crippen LogP contribution in [0.1, 0.15) is 5.56 Å². The molecule has 1 aliphatic heterocycles. The summed E-state index contributed by atoms with van der Waals surface area (Å²) in [6.45, 7) is 0. The zero-order chi connectivity index (χ0) is 16.4. The molecule has 4 N–H and O–H groups in total. The highest BCUT2D eigenvalue weighted by molar-refractivity contribution is 6.30. The highest BCUT2D eigenvalue weighted by Gasteiger charge is 2.30. The summed E-state index contributed by atoms with van der Waals surface area (Å²) in [5, 5.41) is 24.3. The van der Waals surface area contributed by atoms with Crippen LogP contribution < -0.4 is 10.6 Å². The van der Waals surface area contributed by atoms with Crippen LogP contribution in [0.5, 0.6) is 0 Å². The molecule has 1 atom stereocenters. The van der Waals surface area contributed by atoms with Crippen LogP contribution in [0.25, 0.3) is 5.76 Å². The van der Waals surface area contributed by atoms with Crippen molar-refractivity contribution in [3.8, 4) is 0 Å². The Hall–Kier alpha value is -2.79. The molecule has 0 aromatic heterocycles. The molecule has 2 aromatic carbocycles. The molecule has 0 spiro atoms. The quantitative estimate of drug-likeness (QED) is 0.649.